The molecule has 0 aliphatic rings. The maximum atomic E-state index is 10.7. The molecule has 2 N–H and O–H groups in total. The number of nitrogens with one attached hydrogen (secondary N) is 1. The van der Waals surface area contributed by atoms with Crippen LogP contribution < -0.4 is 4.74 Å². The van der Waals surface area contributed by atoms with Crippen LogP contribution in [-0.2, 0) is 22.7 Å². The number of aryl methyl sites for hydroxylation is 1. The van der Waals surface area contributed by atoms with Crippen LogP contribution in [0.1, 0.15) is 28.8 Å². The minimum Gasteiger partial charge on any atom is -0.489 e. The maximum Gasteiger partial charge on any atom is 0.303 e. The number of carboxylic acid groups (broad SMARTS) is 1. The second-order valence-electron chi connectivity index (χ2n) is 7.15. The number of benzene rings is 2. The number of aromatic nitrogens is 3. The molecule has 162 valence electrons. The summed E-state index contributed by atoms with van der Waals surface area (Å²) in [6.07, 6.45) is 3.83. The van der Waals surface area contributed by atoms with Crippen molar-refractivity contribution in [1.29, 1.82) is 0 Å². The predicted molar refractivity (Wildman–Crippen MR) is 120 cm³/mol. The lowest BCUT2D eigenvalue weighted by molar-refractivity contribution is -0.136. The van der Waals surface area contributed by atoms with Crippen LogP contribution in [0.2, 0.25) is 0 Å². The van der Waals surface area contributed by atoms with E-state index in [4.69, 9.17) is 14.7 Å². The van der Waals surface area contributed by atoms with Gasteiger partial charge in [0, 0.05) is 12.0 Å². The van der Waals surface area contributed by atoms with E-state index in [1.54, 1.807) is 6.20 Å². The van der Waals surface area contributed by atoms with E-state index in [9.17, 15) is 4.79 Å². The minimum atomic E-state index is -0.804. The minimum absolute atomic E-state index is 0.112. The average molecular weight is 430 g/mol. The highest BCUT2D eigenvalue weighted by molar-refractivity contribution is 6.13. The average Bonchev–Trinajstić information content (AvgIpc) is 3.24. The lowest BCUT2D eigenvalue weighted by Crippen LogP contribution is -2.06. The number of aliphatic carboxylic acids is 1. The molecule has 8 heteroatoms. The van der Waals surface area contributed by atoms with Gasteiger partial charge in [0.2, 0.25) is 0 Å². The largest absolute Gasteiger partial charge is 0.489 e. The lowest BCUT2D eigenvalue weighted by atomic mass is 10.0. The number of carbonyl (C=O) groups is 1. The second kappa shape index (κ2) is 9.74. The molecule has 0 spiro atoms. The number of hydrogen-bond donors (Lipinski definition) is 2. The third-order valence-corrected chi connectivity index (χ3v) is 4.89. The predicted octanol–water partition coefficient (Wildman–Crippen LogP) is 3.95. The van der Waals surface area contributed by atoms with Crippen LogP contribution in [0.25, 0.3) is 11.0 Å². The third-order valence-electron chi connectivity index (χ3n) is 4.89. The van der Waals surface area contributed by atoms with Crippen LogP contribution in [0.3, 0.4) is 0 Å². The molecule has 0 saturated heterocycles. The van der Waals surface area contributed by atoms with E-state index in [0.717, 1.165) is 39.2 Å². The van der Waals surface area contributed by atoms with Crippen molar-refractivity contribution in [3.05, 3.63) is 89.5 Å². The van der Waals surface area contributed by atoms with E-state index >= 15 is 0 Å². The van der Waals surface area contributed by atoms with Gasteiger partial charge in [-0.1, -0.05) is 35.5 Å². The summed E-state index contributed by atoms with van der Waals surface area (Å²) in [7, 11) is 1.51. The van der Waals surface area contributed by atoms with Gasteiger partial charge in [-0.05, 0) is 41.8 Å². The molecule has 0 fully saturated rings. The molecule has 2 aromatic heterocycles. The van der Waals surface area contributed by atoms with Gasteiger partial charge in [0.1, 0.15) is 31.5 Å². The van der Waals surface area contributed by atoms with Crippen molar-refractivity contribution in [2.75, 3.05) is 7.11 Å². The summed E-state index contributed by atoms with van der Waals surface area (Å²) in [6.45, 7) is 0.376. The van der Waals surface area contributed by atoms with Crippen molar-refractivity contribution in [3.63, 3.8) is 0 Å². The molecule has 2 heterocycles. The van der Waals surface area contributed by atoms with E-state index in [0.29, 0.717) is 18.7 Å². The Morgan fingerprint density at radius 2 is 1.97 bits per heavy atom. The summed E-state index contributed by atoms with van der Waals surface area (Å²) in [5.74, 6) is -0.0866. The SMILES string of the molecule is CO/N=C(\c1cccc(COc2ccc(CCC(=O)O)cc2)c1)c1cc2ncncc2[nH]1. The van der Waals surface area contributed by atoms with Crippen molar-refractivity contribution in [2.45, 2.75) is 19.4 Å². The maximum absolute atomic E-state index is 10.7. The van der Waals surface area contributed by atoms with Crippen LogP contribution in [0.15, 0.2) is 72.3 Å². The van der Waals surface area contributed by atoms with Crippen LogP contribution in [0.5, 0.6) is 5.75 Å². The Balaban J connectivity index is 1.48. The van der Waals surface area contributed by atoms with Crippen molar-refractivity contribution < 1.29 is 19.5 Å². The van der Waals surface area contributed by atoms with Gasteiger partial charge in [-0.2, -0.15) is 0 Å². The van der Waals surface area contributed by atoms with E-state index in [-0.39, 0.29) is 6.42 Å². The number of H-pyrrole nitrogens is 1. The molecule has 8 nitrogen and oxygen atoms in total. The summed E-state index contributed by atoms with van der Waals surface area (Å²) >= 11 is 0. The Bertz CT molecular complexity index is 1220. The van der Waals surface area contributed by atoms with Gasteiger partial charge in [0.25, 0.3) is 0 Å². The van der Waals surface area contributed by atoms with Gasteiger partial charge >= 0.3 is 5.97 Å². The molecule has 0 radical (unpaired) electrons. The van der Waals surface area contributed by atoms with Gasteiger partial charge in [-0.15, -0.1) is 0 Å². The van der Waals surface area contributed by atoms with Crippen molar-refractivity contribution in [3.8, 4) is 5.75 Å². The van der Waals surface area contributed by atoms with Crippen LogP contribution in [-0.4, -0.2) is 38.8 Å². The summed E-state index contributed by atoms with van der Waals surface area (Å²) in [5.41, 5.74) is 5.84. The lowest BCUT2D eigenvalue weighted by Gasteiger charge is -2.09. The zero-order chi connectivity index (χ0) is 22.3. The molecule has 0 aliphatic carbocycles. The van der Waals surface area contributed by atoms with Crippen molar-refractivity contribution in [2.24, 2.45) is 5.16 Å². The Hall–Kier alpha value is -4.20. The van der Waals surface area contributed by atoms with Gasteiger partial charge in [-0.3, -0.25) is 4.79 Å². The number of aromatic amines is 1. The fraction of sp³-hybridized carbons (Fsp3) is 0.167. The quantitative estimate of drug-likeness (QED) is 0.307. The van der Waals surface area contributed by atoms with E-state index < -0.39 is 5.97 Å². The molecule has 4 rings (SSSR count). The fourth-order valence-electron chi connectivity index (χ4n) is 3.32. The number of nitrogens with zero attached hydrogens (tertiary/aromatic N) is 3. The standard InChI is InChI=1S/C24H22N4O4/c1-31-28-24(21-12-20-22(27-21)13-25-15-26-20)18-4-2-3-17(11-18)14-32-19-8-5-16(6-9-19)7-10-23(29)30/h2-6,8-9,11-13,15,27H,7,10,14H2,1H3,(H,29,30)/b28-24+. The Morgan fingerprint density at radius 3 is 2.72 bits per heavy atom. The first kappa shape index (κ1) is 21.0. The van der Waals surface area contributed by atoms with Gasteiger partial charge in [0.15, 0.2) is 0 Å². The van der Waals surface area contributed by atoms with Gasteiger partial charge < -0.3 is 19.7 Å². The zero-order valence-corrected chi connectivity index (χ0v) is 17.5. The monoisotopic (exact) mass is 430 g/mol. The first-order chi connectivity index (χ1) is 15.6. The Morgan fingerprint density at radius 1 is 1.12 bits per heavy atom. The molecule has 0 amide bonds. The van der Waals surface area contributed by atoms with Crippen molar-refractivity contribution in [1.82, 2.24) is 15.0 Å². The number of rotatable bonds is 9. The number of oxime groups is 1. The molecule has 2 aromatic carbocycles. The summed E-state index contributed by atoms with van der Waals surface area (Å²) in [4.78, 5) is 27.4. The molecule has 0 saturated carbocycles. The van der Waals surface area contributed by atoms with Gasteiger partial charge in [0.05, 0.1) is 22.9 Å². The summed E-state index contributed by atoms with van der Waals surface area (Å²) in [5, 5.41) is 13.0. The molecule has 0 unspecified atom stereocenters. The molecular weight excluding hydrogens is 408 g/mol. The molecule has 0 bridgehead atoms. The Labute approximate surface area is 184 Å². The zero-order valence-electron chi connectivity index (χ0n) is 17.5. The highest BCUT2D eigenvalue weighted by atomic mass is 16.6. The molecule has 0 atom stereocenters. The normalized spacial score (nSPS) is 11.5. The highest BCUT2D eigenvalue weighted by Crippen LogP contribution is 2.19. The van der Waals surface area contributed by atoms with E-state index in [1.807, 2.05) is 54.6 Å². The van der Waals surface area contributed by atoms with E-state index in [2.05, 4.69) is 20.1 Å². The molecule has 32 heavy (non-hydrogen) atoms. The summed E-state index contributed by atoms with van der Waals surface area (Å²) in [6, 6.07) is 17.3. The number of ether oxygens (including phenoxy) is 1. The first-order valence-corrected chi connectivity index (χ1v) is 10.1. The number of fused-ring (bicyclic) bond motifs is 1. The molecule has 4 aromatic rings. The van der Waals surface area contributed by atoms with Gasteiger partial charge in [-0.25, -0.2) is 9.97 Å². The molecular formula is C24H22N4O4. The topological polar surface area (TPSA) is 110 Å². The fourth-order valence-corrected chi connectivity index (χ4v) is 3.32. The first-order valence-electron chi connectivity index (χ1n) is 10.1. The van der Waals surface area contributed by atoms with Crippen molar-refractivity contribution >= 4 is 22.7 Å². The van der Waals surface area contributed by atoms with Crippen LogP contribution in [0.4, 0.5) is 0 Å². The highest BCUT2D eigenvalue weighted by Gasteiger charge is 2.13. The number of hydrogen-bond acceptors (Lipinski definition) is 6. The second-order valence-corrected chi connectivity index (χ2v) is 7.15. The smallest absolute Gasteiger partial charge is 0.303 e. The molecule has 0 aliphatic heterocycles. The Kier molecular flexibility index (Phi) is 6.41. The van der Waals surface area contributed by atoms with E-state index in [1.165, 1.54) is 13.4 Å². The summed E-state index contributed by atoms with van der Waals surface area (Å²) < 4.78 is 5.91. The third kappa shape index (κ3) is 5.10. The van der Waals surface area contributed by atoms with Crippen LogP contribution in [0, 0.1) is 0 Å². The number of carboxylic acids is 1. The van der Waals surface area contributed by atoms with Crippen LogP contribution >= 0.6 is 0 Å².